The van der Waals surface area contributed by atoms with E-state index in [1.807, 2.05) is 30.3 Å². The fourth-order valence-corrected chi connectivity index (χ4v) is 6.29. The van der Waals surface area contributed by atoms with Gasteiger partial charge in [-0.2, -0.15) is 0 Å². The fraction of sp³-hybridized carbons (Fsp3) is 0.417. The van der Waals surface area contributed by atoms with E-state index in [0.29, 0.717) is 0 Å². The lowest BCUT2D eigenvalue weighted by molar-refractivity contribution is -0.147. The van der Waals surface area contributed by atoms with Gasteiger partial charge < -0.3 is 29.9 Å². The molecule has 0 spiro atoms. The van der Waals surface area contributed by atoms with E-state index in [2.05, 4.69) is 10.6 Å². The summed E-state index contributed by atoms with van der Waals surface area (Å²) in [6.45, 7) is 4.55. The molecule has 51 heavy (non-hydrogen) atoms. The second kappa shape index (κ2) is 15.9. The first-order chi connectivity index (χ1) is 24.2. The molecule has 0 aliphatic carbocycles. The molecular formula is C36H41F3N6O6. The number of alkyl halides is 1. The molecule has 3 heterocycles. The Morgan fingerprint density at radius 3 is 2.47 bits per heavy atom. The average Bonchev–Trinajstić information content (AvgIpc) is 3.79. The molecule has 3 N–H and O–H groups in total. The van der Waals surface area contributed by atoms with Crippen LogP contribution in [-0.4, -0.2) is 99.9 Å². The van der Waals surface area contributed by atoms with Gasteiger partial charge in [-0.25, -0.2) is 22.9 Å². The highest BCUT2D eigenvalue weighted by molar-refractivity contribution is 6.12. The first kappa shape index (κ1) is 37.2. The van der Waals surface area contributed by atoms with Crippen molar-refractivity contribution in [2.75, 3.05) is 39.3 Å². The lowest BCUT2D eigenvalue weighted by Gasteiger charge is -2.43. The molecule has 0 saturated carbocycles. The highest BCUT2D eigenvalue weighted by Crippen LogP contribution is 2.41. The lowest BCUT2D eigenvalue weighted by Crippen LogP contribution is -2.51. The monoisotopic (exact) mass is 710 g/mol. The number of nitrogens with one attached hydrogen (secondary N) is 2. The molecule has 12 nitrogen and oxygen atoms in total. The molecular weight excluding hydrogens is 669 g/mol. The lowest BCUT2D eigenvalue weighted by atomic mass is 9.82. The third-order valence-electron chi connectivity index (χ3n) is 8.91. The molecule has 3 aromatic rings. The standard InChI is InChI=1S/C36H41F3N6O6/c1-22(46)34(49)45(19-24-16-40-17-28(24)39)32(36(2,3)21-51-35(50)41-13-14-44-30(47)11-12-31(44)48)33-42-29(26-15-25(37)9-10-27(26)38)20-43(33)18-23-7-5-4-6-8-23/h4-12,15,20,22,24,28,32,40,46H,13-14,16-19,21H2,1-3H3,(H,41,50)/t22-,24-,28?,32-/m0/s1. The second-order valence-corrected chi connectivity index (χ2v) is 13.4. The average molecular weight is 711 g/mol. The van der Waals surface area contributed by atoms with Gasteiger partial charge in [-0.05, 0) is 30.7 Å². The number of imidazole rings is 1. The molecule has 1 fully saturated rings. The molecule has 2 aromatic carbocycles. The number of carbonyl (C=O) groups is 4. The summed E-state index contributed by atoms with van der Waals surface area (Å²) in [5, 5.41) is 16.1. The number of hydrogen-bond donors (Lipinski definition) is 3. The maximum atomic E-state index is 15.1. The third kappa shape index (κ3) is 8.83. The summed E-state index contributed by atoms with van der Waals surface area (Å²) in [7, 11) is 0. The number of benzene rings is 2. The number of ether oxygens (including phenoxy) is 1. The van der Waals surface area contributed by atoms with Crippen molar-refractivity contribution in [1.29, 1.82) is 0 Å². The van der Waals surface area contributed by atoms with Crippen LogP contribution < -0.4 is 10.6 Å². The summed E-state index contributed by atoms with van der Waals surface area (Å²) >= 11 is 0. The zero-order chi connectivity index (χ0) is 36.9. The molecule has 2 aliphatic rings. The van der Waals surface area contributed by atoms with Gasteiger partial charge in [0.25, 0.3) is 17.7 Å². The van der Waals surface area contributed by atoms with Crippen molar-refractivity contribution >= 4 is 23.8 Å². The molecule has 2 aliphatic heterocycles. The fourth-order valence-electron chi connectivity index (χ4n) is 6.29. The molecule has 1 unspecified atom stereocenters. The van der Waals surface area contributed by atoms with E-state index in [4.69, 9.17) is 9.72 Å². The van der Waals surface area contributed by atoms with Crippen molar-refractivity contribution in [1.82, 2.24) is 30.0 Å². The minimum Gasteiger partial charge on any atom is -0.449 e. The molecule has 0 radical (unpaired) electrons. The SMILES string of the molecule is C[C@H](O)C(=O)N(C[C@@H]1CNCC1F)[C@@H](c1nc(-c2cc(F)ccc2F)cn1Cc1ccccc1)C(C)(C)COC(=O)NCCN1C(=O)C=CC1=O. The van der Waals surface area contributed by atoms with Crippen LogP contribution in [0.1, 0.15) is 38.2 Å². The summed E-state index contributed by atoms with van der Waals surface area (Å²) in [5.74, 6) is -3.62. The highest BCUT2D eigenvalue weighted by Gasteiger charge is 2.45. The van der Waals surface area contributed by atoms with Crippen molar-refractivity contribution in [3.63, 3.8) is 0 Å². The van der Waals surface area contributed by atoms with Gasteiger partial charge >= 0.3 is 6.09 Å². The van der Waals surface area contributed by atoms with Gasteiger partial charge in [0.15, 0.2) is 0 Å². The van der Waals surface area contributed by atoms with Gasteiger partial charge in [0.05, 0.1) is 11.7 Å². The van der Waals surface area contributed by atoms with E-state index in [-0.39, 0.29) is 63.0 Å². The van der Waals surface area contributed by atoms with Crippen molar-refractivity contribution in [2.24, 2.45) is 11.3 Å². The maximum absolute atomic E-state index is 15.1. The van der Waals surface area contributed by atoms with Crippen molar-refractivity contribution in [3.8, 4) is 11.3 Å². The van der Waals surface area contributed by atoms with E-state index in [0.717, 1.165) is 40.8 Å². The zero-order valence-electron chi connectivity index (χ0n) is 28.5. The number of aromatic nitrogens is 2. The van der Waals surface area contributed by atoms with E-state index >= 15 is 8.78 Å². The van der Waals surface area contributed by atoms with Gasteiger partial charge in [-0.1, -0.05) is 44.2 Å². The normalized spacial score (nSPS) is 18.6. The van der Waals surface area contributed by atoms with E-state index in [9.17, 15) is 28.7 Å². The van der Waals surface area contributed by atoms with Crippen molar-refractivity contribution in [2.45, 2.75) is 45.6 Å². The smallest absolute Gasteiger partial charge is 0.407 e. The molecule has 4 atom stereocenters. The Morgan fingerprint density at radius 1 is 1.12 bits per heavy atom. The van der Waals surface area contributed by atoms with Crippen LogP contribution in [0.5, 0.6) is 0 Å². The van der Waals surface area contributed by atoms with Gasteiger partial charge in [0.2, 0.25) is 0 Å². The number of aliphatic hydroxyl groups is 1. The quantitative estimate of drug-likeness (QED) is 0.216. The number of aliphatic hydroxyl groups excluding tert-OH is 1. The molecule has 1 aromatic heterocycles. The Morgan fingerprint density at radius 2 is 1.82 bits per heavy atom. The minimum atomic E-state index is -1.51. The number of rotatable bonds is 14. The van der Waals surface area contributed by atoms with Crippen LogP contribution >= 0.6 is 0 Å². The Bertz CT molecular complexity index is 1760. The van der Waals surface area contributed by atoms with Crippen LogP contribution in [0.2, 0.25) is 0 Å². The van der Waals surface area contributed by atoms with Crippen molar-refractivity contribution < 1.29 is 42.2 Å². The number of hydrogen-bond acceptors (Lipinski definition) is 8. The summed E-state index contributed by atoms with van der Waals surface area (Å²) in [5.41, 5.74) is -0.454. The Balaban J connectivity index is 1.53. The number of carbonyl (C=O) groups excluding carboxylic acids is 4. The van der Waals surface area contributed by atoms with Gasteiger partial charge in [0, 0.05) is 74.5 Å². The summed E-state index contributed by atoms with van der Waals surface area (Å²) < 4.78 is 51.9. The van der Waals surface area contributed by atoms with Crippen LogP contribution in [0.3, 0.4) is 0 Å². The van der Waals surface area contributed by atoms with Crippen LogP contribution in [0, 0.1) is 23.0 Å². The maximum Gasteiger partial charge on any atom is 0.407 e. The van der Waals surface area contributed by atoms with Crippen LogP contribution in [0.15, 0.2) is 66.9 Å². The number of amides is 4. The summed E-state index contributed by atoms with van der Waals surface area (Å²) in [6, 6.07) is 11.1. The first-order valence-electron chi connectivity index (χ1n) is 16.6. The minimum absolute atomic E-state index is 0.0632. The largest absolute Gasteiger partial charge is 0.449 e. The first-order valence-corrected chi connectivity index (χ1v) is 16.6. The molecule has 4 amide bonds. The number of halogens is 3. The van der Waals surface area contributed by atoms with Gasteiger partial charge in [0.1, 0.15) is 36.3 Å². The van der Waals surface area contributed by atoms with Gasteiger partial charge in [-0.3, -0.25) is 19.3 Å². The van der Waals surface area contributed by atoms with Gasteiger partial charge in [-0.15, -0.1) is 0 Å². The van der Waals surface area contributed by atoms with Crippen molar-refractivity contribution in [3.05, 3.63) is 89.9 Å². The summed E-state index contributed by atoms with van der Waals surface area (Å²) in [6.07, 6.45) is 0.111. The highest BCUT2D eigenvalue weighted by atomic mass is 19.1. The van der Waals surface area contributed by atoms with Crippen LogP contribution in [-0.2, 0) is 25.7 Å². The van der Waals surface area contributed by atoms with E-state index in [1.54, 1.807) is 18.4 Å². The number of imide groups is 1. The van der Waals surface area contributed by atoms with E-state index < -0.39 is 65.1 Å². The predicted molar refractivity (Wildman–Crippen MR) is 180 cm³/mol. The molecule has 1 saturated heterocycles. The Labute approximate surface area is 293 Å². The second-order valence-electron chi connectivity index (χ2n) is 13.4. The number of alkyl carbamates (subject to hydrolysis) is 1. The number of nitrogens with zero attached hydrogens (tertiary/aromatic N) is 4. The molecule has 5 rings (SSSR count). The predicted octanol–water partition coefficient (Wildman–Crippen LogP) is 3.36. The zero-order valence-corrected chi connectivity index (χ0v) is 28.5. The molecule has 15 heteroatoms. The van der Waals surface area contributed by atoms with Crippen LogP contribution in [0.4, 0.5) is 18.0 Å². The van der Waals surface area contributed by atoms with Crippen LogP contribution in [0.25, 0.3) is 11.3 Å². The van der Waals surface area contributed by atoms with E-state index in [1.165, 1.54) is 18.0 Å². The Kier molecular flexibility index (Phi) is 11.6. The third-order valence-corrected chi connectivity index (χ3v) is 8.91. The molecule has 0 bridgehead atoms. The molecule has 272 valence electrons. The summed E-state index contributed by atoms with van der Waals surface area (Å²) in [4.78, 5) is 57.6. The Hall–Kier alpha value is -5.02. The topological polar surface area (TPSA) is 146 Å².